The van der Waals surface area contributed by atoms with Crippen molar-refractivity contribution < 1.29 is 4.79 Å². The molecular weight excluding hydrogens is 216 g/mol. The summed E-state index contributed by atoms with van der Waals surface area (Å²) in [5.41, 5.74) is 7.24. The maximum Gasteiger partial charge on any atom is 0.241 e. The molecule has 1 fully saturated rings. The number of carbonyl (C=O) groups is 1. The third-order valence-corrected chi connectivity index (χ3v) is 2.93. The number of nitrogens with two attached hydrogens (primary N) is 1. The van der Waals surface area contributed by atoms with Crippen molar-refractivity contribution in [1.82, 2.24) is 9.88 Å². The number of pyridine rings is 1. The number of likely N-dealkylation sites (tertiary alicyclic amines) is 1. The molecule has 0 unspecified atom stereocenters. The lowest BCUT2D eigenvalue weighted by Crippen LogP contribution is -2.33. The molecule has 0 atom stereocenters. The Morgan fingerprint density at radius 2 is 2.18 bits per heavy atom. The van der Waals surface area contributed by atoms with E-state index in [0.717, 1.165) is 31.6 Å². The smallest absolute Gasteiger partial charge is 0.241 e. The van der Waals surface area contributed by atoms with Gasteiger partial charge in [0.1, 0.15) is 5.82 Å². The molecule has 1 amide bonds. The van der Waals surface area contributed by atoms with Crippen LogP contribution in [0.25, 0.3) is 0 Å². The lowest BCUT2D eigenvalue weighted by Gasteiger charge is -2.16. The third kappa shape index (κ3) is 2.87. The van der Waals surface area contributed by atoms with Gasteiger partial charge in [-0.25, -0.2) is 4.98 Å². The van der Waals surface area contributed by atoms with Gasteiger partial charge in [-0.2, -0.15) is 0 Å². The van der Waals surface area contributed by atoms with Crippen molar-refractivity contribution in [1.29, 1.82) is 0 Å². The highest BCUT2D eigenvalue weighted by molar-refractivity contribution is 5.81. The van der Waals surface area contributed by atoms with Gasteiger partial charge in [-0.3, -0.25) is 4.79 Å². The lowest BCUT2D eigenvalue weighted by molar-refractivity contribution is -0.128. The number of anilines is 2. The van der Waals surface area contributed by atoms with Gasteiger partial charge in [0.15, 0.2) is 0 Å². The quantitative estimate of drug-likeness (QED) is 0.818. The first kappa shape index (κ1) is 11.7. The second kappa shape index (κ2) is 5.03. The second-order valence-corrected chi connectivity index (χ2v) is 4.33. The van der Waals surface area contributed by atoms with Crippen LogP contribution in [0.1, 0.15) is 18.5 Å². The van der Waals surface area contributed by atoms with Gasteiger partial charge in [0.05, 0.1) is 12.2 Å². The minimum atomic E-state index is 0.116. The number of nitrogens with zero attached hydrogens (tertiary/aromatic N) is 2. The van der Waals surface area contributed by atoms with Crippen LogP contribution >= 0.6 is 0 Å². The Morgan fingerprint density at radius 1 is 1.47 bits per heavy atom. The predicted molar refractivity (Wildman–Crippen MR) is 67.7 cm³/mol. The fourth-order valence-electron chi connectivity index (χ4n) is 1.95. The number of hydrogen-bond acceptors (Lipinski definition) is 4. The normalized spacial score (nSPS) is 15.0. The van der Waals surface area contributed by atoms with Crippen LogP contribution in [0, 0.1) is 6.92 Å². The number of carbonyl (C=O) groups excluding carboxylic acids is 1. The van der Waals surface area contributed by atoms with E-state index in [2.05, 4.69) is 10.3 Å². The number of hydrogen-bond donors (Lipinski definition) is 2. The van der Waals surface area contributed by atoms with Crippen molar-refractivity contribution in [3.63, 3.8) is 0 Å². The number of aromatic nitrogens is 1. The Bertz CT molecular complexity index is 413. The van der Waals surface area contributed by atoms with E-state index in [9.17, 15) is 4.79 Å². The topological polar surface area (TPSA) is 71.2 Å². The zero-order chi connectivity index (χ0) is 12.3. The largest absolute Gasteiger partial charge is 0.396 e. The molecule has 1 aromatic heterocycles. The van der Waals surface area contributed by atoms with Crippen LogP contribution in [0.2, 0.25) is 0 Å². The average molecular weight is 234 g/mol. The molecule has 0 spiro atoms. The highest BCUT2D eigenvalue weighted by Gasteiger charge is 2.17. The average Bonchev–Trinajstić information content (AvgIpc) is 2.83. The summed E-state index contributed by atoms with van der Waals surface area (Å²) in [4.78, 5) is 17.9. The summed E-state index contributed by atoms with van der Waals surface area (Å²) in [5, 5.41) is 3.00. The fraction of sp³-hybridized carbons (Fsp3) is 0.500. The molecule has 0 bridgehead atoms. The maximum absolute atomic E-state index is 11.8. The van der Waals surface area contributed by atoms with E-state index in [1.807, 2.05) is 17.9 Å². The molecule has 1 aliphatic rings. The molecule has 0 saturated carbocycles. The van der Waals surface area contributed by atoms with Gasteiger partial charge < -0.3 is 16.0 Å². The summed E-state index contributed by atoms with van der Waals surface area (Å²) in [6.07, 6.45) is 2.22. The molecule has 5 heteroatoms. The predicted octanol–water partition coefficient (Wildman–Crippen LogP) is 1.01. The molecule has 0 aromatic carbocycles. The van der Waals surface area contributed by atoms with Crippen molar-refractivity contribution in [2.75, 3.05) is 30.7 Å². The zero-order valence-electron chi connectivity index (χ0n) is 10.1. The molecule has 3 N–H and O–H groups in total. The van der Waals surface area contributed by atoms with Gasteiger partial charge >= 0.3 is 0 Å². The Morgan fingerprint density at radius 3 is 2.88 bits per heavy atom. The number of aryl methyl sites for hydroxylation is 1. The summed E-state index contributed by atoms with van der Waals surface area (Å²) in [5.74, 6) is 0.711. The van der Waals surface area contributed by atoms with Crippen LogP contribution in [0.15, 0.2) is 12.1 Å². The Balaban J connectivity index is 1.92. The number of nitrogens with one attached hydrogen (secondary N) is 1. The van der Waals surface area contributed by atoms with Gasteiger partial charge in [-0.15, -0.1) is 0 Å². The summed E-state index contributed by atoms with van der Waals surface area (Å²) in [6, 6.07) is 3.65. The molecule has 2 rings (SSSR count). The SMILES string of the molecule is Cc1ccc(N)c(NCC(=O)N2CCCC2)n1. The summed E-state index contributed by atoms with van der Waals surface area (Å²) in [6.45, 7) is 3.90. The third-order valence-electron chi connectivity index (χ3n) is 2.93. The lowest BCUT2D eigenvalue weighted by atomic mass is 10.3. The second-order valence-electron chi connectivity index (χ2n) is 4.33. The molecular formula is C12H18N4O. The summed E-state index contributed by atoms with van der Waals surface area (Å²) >= 11 is 0. The van der Waals surface area contributed by atoms with Gasteiger partial charge in [-0.05, 0) is 31.9 Å². The monoisotopic (exact) mass is 234 g/mol. The number of nitrogen functional groups attached to an aromatic ring is 1. The first-order chi connectivity index (χ1) is 8.16. The first-order valence-corrected chi connectivity index (χ1v) is 5.91. The standard InChI is InChI=1S/C12H18N4O/c1-9-4-5-10(13)12(15-9)14-8-11(17)16-6-2-3-7-16/h4-5H,2-3,6-8,13H2,1H3,(H,14,15). The molecule has 17 heavy (non-hydrogen) atoms. The van der Waals surface area contributed by atoms with Crippen molar-refractivity contribution in [2.45, 2.75) is 19.8 Å². The van der Waals surface area contributed by atoms with E-state index >= 15 is 0 Å². The molecule has 2 heterocycles. The van der Waals surface area contributed by atoms with Gasteiger partial charge in [0.2, 0.25) is 5.91 Å². The summed E-state index contributed by atoms with van der Waals surface area (Å²) < 4.78 is 0. The Hall–Kier alpha value is -1.78. The Kier molecular flexibility index (Phi) is 3.46. The number of rotatable bonds is 3. The highest BCUT2D eigenvalue weighted by Crippen LogP contribution is 2.15. The molecule has 5 nitrogen and oxygen atoms in total. The van der Waals surface area contributed by atoms with Crippen LogP contribution in [-0.2, 0) is 4.79 Å². The molecule has 1 saturated heterocycles. The van der Waals surface area contributed by atoms with Crippen molar-refractivity contribution in [3.05, 3.63) is 17.8 Å². The number of amides is 1. The fourth-order valence-corrected chi connectivity index (χ4v) is 1.95. The Labute approximate surface area is 101 Å². The van der Waals surface area contributed by atoms with Crippen LogP contribution in [-0.4, -0.2) is 35.4 Å². The van der Waals surface area contributed by atoms with Crippen molar-refractivity contribution in [3.8, 4) is 0 Å². The van der Waals surface area contributed by atoms with Crippen molar-refractivity contribution >= 4 is 17.4 Å². The zero-order valence-corrected chi connectivity index (χ0v) is 10.1. The van der Waals surface area contributed by atoms with E-state index in [0.29, 0.717) is 11.5 Å². The van der Waals surface area contributed by atoms with Crippen molar-refractivity contribution in [2.24, 2.45) is 0 Å². The van der Waals surface area contributed by atoms with Crippen LogP contribution in [0.3, 0.4) is 0 Å². The van der Waals surface area contributed by atoms with E-state index < -0.39 is 0 Å². The van der Waals surface area contributed by atoms with E-state index in [-0.39, 0.29) is 12.5 Å². The minimum absolute atomic E-state index is 0.116. The maximum atomic E-state index is 11.8. The molecule has 1 aromatic rings. The van der Waals surface area contributed by atoms with Crippen LogP contribution in [0.4, 0.5) is 11.5 Å². The minimum Gasteiger partial charge on any atom is -0.396 e. The van der Waals surface area contributed by atoms with E-state index in [1.54, 1.807) is 6.07 Å². The van der Waals surface area contributed by atoms with Gasteiger partial charge in [0, 0.05) is 18.8 Å². The molecule has 92 valence electrons. The van der Waals surface area contributed by atoms with Gasteiger partial charge in [0.25, 0.3) is 0 Å². The van der Waals surface area contributed by atoms with Crippen LogP contribution in [0.5, 0.6) is 0 Å². The summed E-state index contributed by atoms with van der Waals surface area (Å²) in [7, 11) is 0. The van der Waals surface area contributed by atoms with Gasteiger partial charge in [-0.1, -0.05) is 0 Å². The van der Waals surface area contributed by atoms with E-state index in [1.165, 1.54) is 0 Å². The van der Waals surface area contributed by atoms with Crippen LogP contribution < -0.4 is 11.1 Å². The molecule has 1 aliphatic heterocycles. The first-order valence-electron chi connectivity index (χ1n) is 5.91. The highest BCUT2D eigenvalue weighted by atomic mass is 16.2. The van der Waals surface area contributed by atoms with E-state index in [4.69, 9.17) is 5.73 Å². The molecule has 0 aliphatic carbocycles. The molecule has 0 radical (unpaired) electrons.